The molecule has 0 heterocycles. The summed E-state index contributed by atoms with van der Waals surface area (Å²) in [6.07, 6.45) is 0.122. The van der Waals surface area contributed by atoms with Gasteiger partial charge in [-0.1, -0.05) is 12.2 Å². The number of esters is 1. The smallest absolute Gasteiger partial charge is 0.397 e. The molecule has 0 saturated carbocycles. The van der Waals surface area contributed by atoms with Gasteiger partial charge in [0.2, 0.25) is 5.83 Å². The first-order valence-corrected chi connectivity index (χ1v) is 4.81. The molecule has 0 radical (unpaired) electrons. The second-order valence-electron chi connectivity index (χ2n) is 3.03. The number of ether oxygens (including phenoxy) is 1. The summed E-state index contributed by atoms with van der Waals surface area (Å²) in [5, 5.41) is 0. The van der Waals surface area contributed by atoms with E-state index in [2.05, 4.69) is 17.9 Å². The van der Waals surface area contributed by atoms with Crippen molar-refractivity contribution >= 4 is 11.9 Å². The largest absolute Gasteiger partial charge is 0.451 e. The van der Waals surface area contributed by atoms with Crippen molar-refractivity contribution in [1.82, 2.24) is 4.90 Å². The molecule has 0 unspecified atom stereocenters. The summed E-state index contributed by atoms with van der Waals surface area (Å²) in [7, 11) is 0. The Labute approximate surface area is 102 Å². The molecule has 0 aliphatic rings. The molecule has 0 aromatic heterocycles. The van der Waals surface area contributed by atoms with Gasteiger partial charge in [-0.2, -0.15) is 8.78 Å². The van der Waals surface area contributed by atoms with Crippen LogP contribution in [0.1, 0.15) is 0 Å². The molecule has 0 rings (SSSR count). The number of carbonyl (C=O) groups is 2. The molecule has 4 nitrogen and oxygen atoms in total. The van der Waals surface area contributed by atoms with E-state index in [-0.39, 0.29) is 13.1 Å². The number of halogens is 3. The van der Waals surface area contributed by atoms with Gasteiger partial charge < -0.3 is 9.64 Å². The van der Waals surface area contributed by atoms with E-state index in [1.54, 1.807) is 0 Å². The predicted octanol–water partition coefficient (Wildman–Crippen LogP) is 1.81. The van der Waals surface area contributed by atoms with Crippen molar-refractivity contribution in [3.63, 3.8) is 0 Å². The lowest BCUT2D eigenvalue weighted by molar-refractivity contribution is -0.159. The number of nitrogens with zero attached hydrogens (tertiary/aromatic N) is 1. The van der Waals surface area contributed by atoms with Gasteiger partial charge in [0.1, 0.15) is 6.61 Å². The van der Waals surface area contributed by atoms with Crippen LogP contribution in [0, 0.1) is 0 Å². The van der Waals surface area contributed by atoms with Crippen LogP contribution in [0.4, 0.5) is 13.2 Å². The van der Waals surface area contributed by atoms with Crippen LogP contribution in [0.15, 0.2) is 37.2 Å². The quantitative estimate of drug-likeness (QED) is 0.417. The fourth-order valence-electron chi connectivity index (χ4n) is 0.926. The highest BCUT2D eigenvalue weighted by Crippen LogP contribution is 2.09. The van der Waals surface area contributed by atoms with E-state index in [0.717, 1.165) is 4.90 Å². The van der Waals surface area contributed by atoms with E-state index >= 15 is 0 Å². The standard InChI is InChI=1S/C11H12F3NO3/c1-3-5-15(6-4-2)10(16)11(17)18-7-8(12)9(13)14/h3-4H,1-2,5-7H2. The third-order valence-corrected chi connectivity index (χ3v) is 1.70. The lowest BCUT2D eigenvalue weighted by atomic mass is 10.4. The van der Waals surface area contributed by atoms with Crippen molar-refractivity contribution in [2.45, 2.75) is 0 Å². The monoisotopic (exact) mass is 263 g/mol. The van der Waals surface area contributed by atoms with Crippen LogP contribution >= 0.6 is 0 Å². The van der Waals surface area contributed by atoms with E-state index < -0.39 is 30.4 Å². The van der Waals surface area contributed by atoms with E-state index in [1.807, 2.05) is 0 Å². The first-order valence-electron chi connectivity index (χ1n) is 4.81. The zero-order valence-electron chi connectivity index (χ0n) is 9.50. The van der Waals surface area contributed by atoms with Gasteiger partial charge in [-0.15, -0.1) is 13.2 Å². The van der Waals surface area contributed by atoms with Crippen LogP contribution in [-0.2, 0) is 14.3 Å². The second kappa shape index (κ2) is 8.10. The van der Waals surface area contributed by atoms with E-state index in [0.29, 0.717) is 0 Å². The Kier molecular flexibility index (Phi) is 7.18. The minimum atomic E-state index is -2.59. The molecule has 0 atom stereocenters. The Morgan fingerprint density at radius 3 is 2.00 bits per heavy atom. The molecule has 0 fully saturated rings. The highest BCUT2D eigenvalue weighted by Gasteiger charge is 2.22. The van der Waals surface area contributed by atoms with Crippen molar-refractivity contribution in [2.24, 2.45) is 0 Å². The number of hydrogen-bond acceptors (Lipinski definition) is 3. The van der Waals surface area contributed by atoms with E-state index in [9.17, 15) is 22.8 Å². The van der Waals surface area contributed by atoms with Gasteiger partial charge >= 0.3 is 18.0 Å². The molecule has 0 aliphatic heterocycles. The number of amides is 1. The summed E-state index contributed by atoms with van der Waals surface area (Å²) < 4.78 is 39.8. The molecule has 7 heteroatoms. The molecule has 0 aromatic rings. The average Bonchev–Trinajstić information content (AvgIpc) is 2.34. The van der Waals surface area contributed by atoms with Crippen molar-refractivity contribution in [1.29, 1.82) is 0 Å². The molecule has 0 aliphatic carbocycles. The molecule has 0 N–H and O–H groups in total. The van der Waals surface area contributed by atoms with E-state index in [1.165, 1.54) is 12.2 Å². The lowest BCUT2D eigenvalue weighted by Gasteiger charge is -2.17. The van der Waals surface area contributed by atoms with Crippen LogP contribution in [0.3, 0.4) is 0 Å². The molecule has 100 valence electrons. The van der Waals surface area contributed by atoms with Gasteiger partial charge in [0.05, 0.1) is 0 Å². The Morgan fingerprint density at radius 2 is 1.61 bits per heavy atom. The summed E-state index contributed by atoms with van der Waals surface area (Å²) in [6, 6.07) is 0. The Balaban J connectivity index is 4.48. The second-order valence-corrected chi connectivity index (χ2v) is 3.03. The van der Waals surface area contributed by atoms with Crippen molar-refractivity contribution in [3.05, 3.63) is 37.2 Å². The van der Waals surface area contributed by atoms with Crippen LogP contribution < -0.4 is 0 Å². The highest BCUT2D eigenvalue weighted by atomic mass is 19.3. The molecule has 18 heavy (non-hydrogen) atoms. The van der Waals surface area contributed by atoms with Crippen molar-refractivity contribution < 1.29 is 27.5 Å². The molecule has 0 saturated heterocycles. The summed E-state index contributed by atoms with van der Waals surface area (Å²) in [4.78, 5) is 23.6. The normalized spacial score (nSPS) is 9.28. The van der Waals surface area contributed by atoms with Gasteiger partial charge in [0.15, 0.2) is 0 Å². The maximum absolute atomic E-state index is 12.3. The minimum absolute atomic E-state index is 0.0513. The maximum atomic E-state index is 12.3. The Bertz CT molecular complexity index is 366. The molecule has 0 aromatic carbocycles. The highest BCUT2D eigenvalue weighted by molar-refractivity contribution is 6.32. The Morgan fingerprint density at radius 1 is 1.11 bits per heavy atom. The molecular weight excluding hydrogens is 251 g/mol. The molecular formula is C11H12F3NO3. The third kappa shape index (κ3) is 5.33. The first-order chi connectivity index (χ1) is 8.43. The number of hydrogen-bond donors (Lipinski definition) is 0. The lowest BCUT2D eigenvalue weighted by Crippen LogP contribution is -2.38. The summed E-state index contributed by atoms with van der Waals surface area (Å²) >= 11 is 0. The Hall–Kier alpha value is -2.05. The fraction of sp³-hybridized carbons (Fsp3) is 0.273. The van der Waals surface area contributed by atoms with Gasteiger partial charge in [0, 0.05) is 13.1 Å². The predicted molar refractivity (Wildman–Crippen MR) is 58.3 cm³/mol. The van der Waals surface area contributed by atoms with Crippen LogP contribution in [0.5, 0.6) is 0 Å². The average molecular weight is 263 g/mol. The molecule has 1 amide bonds. The first kappa shape index (κ1) is 16.0. The SMILES string of the molecule is C=CCN(CC=C)C(=O)C(=O)OCC(F)=C(F)F. The van der Waals surface area contributed by atoms with Crippen LogP contribution in [0.2, 0.25) is 0 Å². The summed E-state index contributed by atoms with van der Waals surface area (Å²) in [5.74, 6) is -4.40. The topological polar surface area (TPSA) is 46.6 Å². The van der Waals surface area contributed by atoms with Crippen LogP contribution in [-0.4, -0.2) is 36.5 Å². The zero-order chi connectivity index (χ0) is 14.1. The van der Waals surface area contributed by atoms with E-state index in [4.69, 9.17) is 0 Å². The molecule has 0 spiro atoms. The summed E-state index contributed by atoms with van der Waals surface area (Å²) in [5.41, 5.74) is 0. The minimum Gasteiger partial charge on any atom is -0.451 e. The number of carbonyl (C=O) groups excluding carboxylic acids is 2. The maximum Gasteiger partial charge on any atom is 0.397 e. The van der Waals surface area contributed by atoms with Gasteiger partial charge in [0.25, 0.3) is 0 Å². The number of rotatable bonds is 6. The fourth-order valence-corrected chi connectivity index (χ4v) is 0.926. The third-order valence-electron chi connectivity index (χ3n) is 1.70. The van der Waals surface area contributed by atoms with Crippen molar-refractivity contribution in [2.75, 3.05) is 19.7 Å². The van der Waals surface area contributed by atoms with Gasteiger partial charge in [-0.05, 0) is 0 Å². The van der Waals surface area contributed by atoms with Crippen LogP contribution in [0.25, 0.3) is 0 Å². The van der Waals surface area contributed by atoms with Crippen molar-refractivity contribution in [3.8, 4) is 0 Å². The zero-order valence-corrected chi connectivity index (χ0v) is 9.50. The van der Waals surface area contributed by atoms with Gasteiger partial charge in [-0.25, -0.2) is 9.18 Å². The summed E-state index contributed by atoms with van der Waals surface area (Å²) in [6.45, 7) is 5.58. The van der Waals surface area contributed by atoms with Gasteiger partial charge in [-0.3, -0.25) is 4.79 Å². The molecule has 0 bridgehead atoms.